The molecule has 0 aromatic heterocycles. The summed E-state index contributed by atoms with van der Waals surface area (Å²) >= 11 is -0.826. The minimum atomic E-state index is -1.16. The first-order valence-electron chi connectivity index (χ1n) is 10.2. The molecule has 3 rings (SSSR count). The van der Waals surface area contributed by atoms with E-state index in [0.717, 1.165) is 46.6 Å². The molecule has 154 valence electrons. The van der Waals surface area contributed by atoms with E-state index in [-0.39, 0.29) is 14.9 Å². The second-order valence-electron chi connectivity index (χ2n) is 9.75. The molecule has 0 spiro atoms. The number of hydrogen-bond acceptors (Lipinski definition) is 0. The van der Waals surface area contributed by atoms with Gasteiger partial charge in [-0.15, -0.1) is 0 Å². The molecule has 0 aromatic carbocycles. The molecule has 0 aliphatic heterocycles. The average Bonchev–Trinajstić information content (AvgIpc) is 3.05. The average molecular weight is 499 g/mol. The summed E-state index contributed by atoms with van der Waals surface area (Å²) in [5.41, 5.74) is 2.23. The molecule has 0 amide bonds. The Kier molecular flexibility index (Phi) is 12.5. The van der Waals surface area contributed by atoms with Crippen molar-refractivity contribution in [1.29, 1.82) is 0 Å². The quantitative estimate of drug-likeness (QED) is 0.263. The van der Waals surface area contributed by atoms with Crippen LogP contribution in [0.2, 0.25) is 24.2 Å². The second kappa shape index (κ2) is 11.8. The summed E-state index contributed by atoms with van der Waals surface area (Å²) in [7, 11) is 8.71. The molecular weight excluding hydrogens is 454 g/mol. The summed E-state index contributed by atoms with van der Waals surface area (Å²) in [6, 6.07) is 0. The van der Waals surface area contributed by atoms with Crippen LogP contribution in [0.5, 0.6) is 0 Å². The van der Waals surface area contributed by atoms with Crippen molar-refractivity contribution in [2.24, 2.45) is 35.5 Å². The molecule has 7 atom stereocenters. The summed E-state index contributed by atoms with van der Waals surface area (Å²) in [4.78, 5) is 0. The summed E-state index contributed by atoms with van der Waals surface area (Å²) in [6.45, 7) is 15.8. The molecule has 0 radical (unpaired) electrons. The fourth-order valence-corrected chi connectivity index (χ4v) is 13.6. The molecule has 26 heavy (non-hydrogen) atoms. The van der Waals surface area contributed by atoms with Gasteiger partial charge in [0.1, 0.15) is 0 Å². The van der Waals surface area contributed by atoms with E-state index < -0.39 is 28.9 Å². The Labute approximate surface area is 185 Å². The zero-order valence-corrected chi connectivity index (χ0v) is 23.6. The maximum atomic E-state index is 4.93. The van der Waals surface area contributed by atoms with E-state index in [1.54, 1.807) is 25.7 Å². The number of halogens is 2. The first kappa shape index (κ1) is 27.7. The van der Waals surface area contributed by atoms with Crippen LogP contribution in [0, 0.1) is 50.4 Å². The normalized spacial score (nSPS) is 41.7. The molecule has 3 aliphatic rings. The Morgan fingerprint density at radius 1 is 0.731 bits per heavy atom. The third-order valence-electron chi connectivity index (χ3n) is 8.77. The van der Waals surface area contributed by atoms with Crippen molar-refractivity contribution in [1.82, 2.24) is 0 Å². The Balaban J connectivity index is 0.00000117. The zero-order chi connectivity index (χ0) is 18.1. The third-order valence-corrected chi connectivity index (χ3v) is 14.2. The summed E-state index contributed by atoms with van der Waals surface area (Å²) in [5, 5.41) is 0. The maximum absolute atomic E-state index is 4.93. The molecule has 0 nitrogen and oxygen atoms in total. The van der Waals surface area contributed by atoms with Crippen molar-refractivity contribution in [3.8, 4) is 0 Å². The zero-order valence-electron chi connectivity index (χ0n) is 18.6. The van der Waals surface area contributed by atoms with Gasteiger partial charge in [0.05, 0.1) is 8.07 Å². The van der Waals surface area contributed by atoms with Gasteiger partial charge in [0.25, 0.3) is 0 Å². The van der Waals surface area contributed by atoms with Gasteiger partial charge in [-0.3, -0.25) is 0 Å². The van der Waals surface area contributed by atoms with E-state index in [9.17, 15) is 0 Å². The van der Waals surface area contributed by atoms with Crippen molar-refractivity contribution in [3.63, 3.8) is 0 Å². The molecule has 3 saturated carbocycles. The van der Waals surface area contributed by atoms with E-state index in [4.69, 9.17) is 17.0 Å². The van der Waals surface area contributed by atoms with Crippen molar-refractivity contribution in [2.45, 2.75) is 90.4 Å². The first-order valence-corrected chi connectivity index (χ1v) is 19.7. The van der Waals surface area contributed by atoms with E-state index in [0.29, 0.717) is 0 Å². The van der Waals surface area contributed by atoms with Crippen molar-refractivity contribution in [3.05, 3.63) is 14.9 Å². The SMILES string of the molecule is CC1C(C)C(C)C([Si](C)(C)C2CCC3CCCCC32)C1C.[CH3-].[CH3-].[Cl][Zr+2][Cl]. The van der Waals surface area contributed by atoms with Gasteiger partial charge >= 0.3 is 37.9 Å². The first-order chi connectivity index (χ1) is 11.3. The van der Waals surface area contributed by atoms with Crippen LogP contribution in [0.25, 0.3) is 0 Å². The van der Waals surface area contributed by atoms with Gasteiger partial charge in [0, 0.05) is 0 Å². The predicted octanol–water partition coefficient (Wildman–Crippen LogP) is 8.87. The topological polar surface area (TPSA) is 0 Å². The molecule has 7 unspecified atom stereocenters. The van der Waals surface area contributed by atoms with Crippen LogP contribution < -0.4 is 0 Å². The molecule has 3 aliphatic carbocycles. The van der Waals surface area contributed by atoms with E-state index in [2.05, 4.69) is 40.8 Å². The Bertz CT molecular complexity index is 390. The van der Waals surface area contributed by atoms with Crippen LogP contribution >= 0.6 is 17.0 Å². The van der Waals surface area contributed by atoms with Crippen LogP contribution in [-0.2, 0) is 20.8 Å². The van der Waals surface area contributed by atoms with Crippen LogP contribution in [0.1, 0.15) is 66.2 Å². The van der Waals surface area contributed by atoms with Crippen LogP contribution in [0.3, 0.4) is 0 Å². The molecule has 4 heteroatoms. The monoisotopic (exact) mass is 496 g/mol. The summed E-state index contributed by atoms with van der Waals surface area (Å²) in [5.74, 6) is 6.09. The predicted molar refractivity (Wildman–Crippen MR) is 121 cm³/mol. The molecule has 0 aromatic rings. The standard InChI is InChI=1S/C20H38Si.2CH3.2ClH.Zr/c1-13-14(2)16(4)20(15(13)3)21(5,6)19-12-11-17-9-7-8-10-18(17)19;;;;;/h13-20H,7-12H2,1-6H3;2*1H3;2*1H;/q;2*-1;;;+4/p-2. The van der Waals surface area contributed by atoms with Gasteiger partial charge in [-0.1, -0.05) is 79.3 Å². The molecule has 0 saturated heterocycles. The summed E-state index contributed by atoms with van der Waals surface area (Å²) < 4.78 is 0. The molecule has 0 bridgehead atoms. The van der Waals surface area contributed by atoms with Crippen molar-refractivity contribution >= 4 is 25.1 Å². The van der Waals surface area contributed by atoms with Gasteiger partial charge in [-0.25, -0.2) is 0 Å². The number of hydrogen-bond donors (Lipinski definition) is 0. The minimum absolute atomic E-state index is 0. The summed E-state index contributed by atoms with van der Waals surface area (Å²) in [6.07, 6.45) is 9.37. The fraction of sp³-hybridized carbons (Fsp3) is 0.909. The van der Waals surface area contributed by atoms with Crippen LogP contribution in [0.15, 0.2) is 0 Å². The van der Waals surface area contributed by atoms with Gasteiger partial charge in [-0.2, -0.15) is 0 Å². The molecule has 3 fully saturated rings. The fourth-order valence-electron chi connectivity index (χ4n) is 7.35. The van der Waals surface area contributed by atoms with Crippen LogP contribution in [0.4, 0.5) is 0 Å². The Morgan fingerprint density at radius 3 is 1.69 bits per heavy atom. The number of rotatable bonds is 2. The molecule has 0 heterocycles. The molecular formula is C22H44Cl2SiZr. The Hall–Kier alpha value is 1.68. The third kappa shape index (κ3) is 5.43. The number of fused-ring (bicyclic) bond motifs is 1. The Morgan fingerprint density at radius 2 is 1.19 bits per heavy atom. The molecule has 0 N–H and O–H groups in total. The van der Waals surface area contributed by atoms with Gasteiger partial charge in [-0.05, 0) is 46.6 Å². The van der Waals surface area contributed by atoms with E-state index in [1.165, 1.54) is 12.8 Å². The van der Waals surface area contributed by atoms with Crippen LogP contribution in [-0.4, -0.2) is 8.07 Å². The van der Waals surface area contributed by atoms with E-state index in [1.807, 2.05) is 0 Å². The van der Waals surface area contributed by atoms with Gasteiger partial charge < -0.3 is 14.9 Å². The second-order valence-corrected chi connectivity index (χ2v) is 18.5. The van der Waals surface area contributed by atoms with Gasteiger partial charge in [0.2, 0.25) is 0 Å². The van der Waals surface area contributed by atoms with Crippen molar-refractivity contribution < 1.29 is 20.8 Å². The van der Waals surface area contributed by atoms with Gasteiger partial charge in [0.15, 0.2) is 0 Å². The van der Waals surface area contributed by atoms with Crippen molar-refractivity contribution in [2.75, 3.05) is 0 Å². The van der Waals surface area contributed by atoms with E-state index >= 15 is 0 Å².